The highest BCUT2D eigenvalue weighted by Gasteiger charge is 2.25. The summed E-state index contributed by atoms with van der Waals surface area (Å²) in [6.45, 7) is 6.66. The average molecular weight is 689 g/mol. The van der Waals surface area contributed by atoms with Crippen LogP contribution in [-0.4, -0.2) is 53.8 Å². The third-order valence-electron chi connectivity index (χ3n) is 8.36. The van der Waals surface area contributed by atoms with E-state index in [1.165, 1.54) is 12.1 Å². The molecular formula is C37H36N8O4S. The highest BCUT2D eigenvalue weighted by Crippen LogP contribution is 2.33. The van der Waals surface area contributed by atoms with Gasteiger partial charge in [0.05, 0.1) is 23.6 Å². The first-order chi connectivity index (χ1) is 24.2. The number of amides is 2. The van der Waals surface area contributed by atoms with Crippen molar-refractivity contribution in [1.29, 1.82) is 5.26 Å². The lowest BCUT2D eigenvalue weighted by Gasteiger charge is -2.19. The van der Waals surface area contributed by atoms with Gasteiger partial charge in [-0.2, -0.15) is 10.4 Å². The number of urea groups is 1. The summed E-state index contributed by atoms with van der Waals surface area (Å²) in [6, 6.07) is 27.3. The van der Waals surface area contributed by atoms with E-state index >= 15 is 0 Å². The summed E-state index contributed by atoms with van der Waals surface area (Å²) < 4.78 is 8.99. The first kappa shape index (κ1) is 34.0. The molecule has 50 heavy (non-hydrogen) atoms. The summed E-state index contributed by atoms with van der Waals surface area (Å²) >= 11 is 1.56. The predicted molar refractivity (Wildman–Crippen MR) is 191 cm³/mol. The lowest BCUT2D eigenvalue weighted by Crippen LogP contribution is -2.29. The fourth-order valence-corrected chi connectivity index (χ4v) is 6.09. The Bertz CT molecular complexity index is 2190. The maximum Gasteiger partial charge on any atom is 0.320 e. The molecule has 0 saturated heterocycles. The zero-order valence-corrected chi connectivity index (χ0v) is 28.6. The van der Waals surface area contributed by atoms with Gasteiger partial charge in [0.1, 0.15) is 30.0 Å². The number of nitrogens with one attached hydrogen (secondary N) is 2. The molecule has 3 aromatic heterocycles. The molecule has 4 N–H and O–H groups in total. The highest BCUT2D eigenvalue weighted by molar-refractivity contribution is 7.99. The van der Waals surface area contributed by atoms with Gasteiger partial charge < -0.3 is 20.3 Å². The van der Waals surface area contributed by atoms with E-state index in [1.807, 2.05) is 83.4 Å². The number of phenolic OH excluding ortho intramolecular Hbond substituents is 1. The number of rotatable bonds is 12. The summed E-state index contributed by atoms with van der Waals surface area (Å²) in [5.41, 5.74) is 3.66. The molecule has 12 nitrogen and oxygen atoms in total. The molecule has 0 unspecified atom stereocenters. The number of aliphatic hydroxyl groups is 1. The average Bonchev–Trinajstić information content (AvgIpc) is 3.75. The number of nitriles is 1. The summed E-state index contributed by atoms with van der Waals surface area (Å²) in [5, 5.41) is 47.9. The van der Waals surface area contributed by atoms with E-state index in [0.29, 0.717) is 28.7 Å². The molecule has 3 heterocycles. The number of carbonyl (C=O) groups excluding carboxylic acids is 1. The SMILES string of the molecule is CCC(C)(C)c1cc(NC(=O)NCc2ccccc2Sc2ccc3nnc(-c4ccc(OCCO)cc4)n3c2)n(-c2ccc(O)c(C#N)c2)n1. The molecule has 0 radical (unpaired) electrons. The highest BCUT2D eigenvalue weighted by atomic mass is 32.2. The Morgan fingerprint density at radius 2 is 1.84 bits per heavy atom. The number of phenols is 1. The van der Waals surface area contributed by atoms with Crippen LogP contribution >= 0.6 is 11.8 Å². The van der Waals surface area contributed by atoms with Crippen molar-refractivity contribution >= 4 is 29.3 Å². The minimum absolute atomic E-state index is 0.0535. The number of anilines is 1. The Labute approximate surface area is 293 Å². The number of benzene rings is 3. The minimum Gasteiger partial charge on any atom is -0.507 e. The number of pyridine rings is 1. The van der Waals surface area contributed by atoms with Crippen LogP contribution in [0.15, 0.2) is 101 Å². The molecule has 13 heteroatoms. The number of ether oxygens (including phenoxy) is 1. The number of aromatic nitrogens is 5. The van der Waals surface area contributed by atoms with E-state index in [0.717, 1.165) is 33.0 Å². The first-order valence-corrected chi connectivity index (χ1v) is 16.8. The van der Waals surface area contributed by atoms with Gasteiger partial charge in [-0.15, -0.1) is 10.2 Å². The van der Waals surface area contributed by atoms with Gasteiger partial charge in [0.25, 0.3) is 0 Å². The Morgan fingerprint density at radius 1 is 1.04 bits per heavy atom. The van der Waals surface area contributed by atoms with Crippen LogP contribution < -0.4 is 15.4 Å². The molecule has 6 aromatic rings. The normalized spacial score (nSPS) is 11.3. The van der Waals surface area contributed by atoms with Gasteiger partial charge in [-0.1, -0.05) is 50.7 Å². The van der Waals surface area contributed by atoms with Crippen LogP contribution in [0.1, 0.15) is 44.0 Å². The van der Waals surface area contributed by atoms with Crippen molar-refractivity contribution in [3.8, 4) is 34.6 Å². The van der Waals surface area contributed by atoms with Gasteiger partial charge in [0.15, 0.2) is 11.5 Å². The summed E-state index contributed by atoms with van der Waals surface area (Å²) in [6.07, 6.45) is 2.81. The monoisotopic (exact) mass is 688 g/mol. The number of fused-ring (bicyclic) bond motifs is 1. The van der Waals surface area contributed by atoms with Crippen molar-refractivity contribution in [2.24, 2.45) is 0 Å². The van der Waals surface area contributed by atoms with Crippen LogP contribution in [0.4, 0.5) is 10.6 Å². The standard InChI is InChI=1S/C37H36N8O4S/c1-4-37(2,3)32-20-34(45(43-32)27-11-15-30(47)26(19-27)21-38)40-36(48)39-22-25-7-5-6-8-31(25)50-29-14-16-33-41-42-35(44(33)23-29)24-9-12-28(13-10-24)49-18-17-46/h5-16,19-20,23,46-47H,4,17-18,22H2,1-3H3,(H2,39,40,48). The Kier molecular flexibility index (Phi) is 10.0. The van der Waals surface area contributed by atoms with Crippen molar-refractivity contribution in [3.05, 3.63) is 108 Å². The van der Waals surface area contributed by atoms with Crippen LogP contribution in [0, 0.1) is 11.3 Å². The van der Waals surface area contributed by atoms with Crippen LogP contribution in [-0.2, 0) is 12.0 Å². The topological polar surface area (TPSA) is 163 Å². The van der Waals surface area contributed by atoms with Gasteiger partial charge in [0, 0.05) is 39.6 Å². The molecule has 0 atom stereocenters. The molecule has 0 aliphatic rings. The van der Waals surface area contributed by atoms with Crippen molar-refractivity contribution in [2.75, 3.05) is 18.5 Å². The molecule has 0 spiro atoms. The molecule has 6 rings (SSSR count). The second kappa shape index (κ2) is 14.7. The Morgan fingerprint density at radius 3 is 2.60 bits per heavy atom. The molecule has 0 aliphatic heterocycles. The van der Waals surface area contributed by atoms with E-state index in [-0.39, 0.29) is 36.5 Å². The van der Waals surface area contributed by atoms with Crippen LogP contribution in [0.5, 0.6) is 11.5 Å². The van der Waals surface area contributed by atoms with E-state index < -0.39 is 6.03 Å². The fourth-order valence-electron chi connectivity index (χ4n) is 5.13. The first-order valence-electron chi connectivity index (χ1n) is 16.0. The number of carbonyl (C=O) groups is 1. The Balaban J connectivity index is 1.18. The second-order valence-electron chi connectivity index (χ2n) is 12.1. The van der Waals surface area contributed by atoms with E-state index in [9.17, 15) is 15.2 Å². The zero-order valence-electron chi connectivity index (χ0n) is 27.8. The van der Waals surface area contributed by atoms with Crippen molar-refractivity contribution in [1.82, 2.24) is 29.7 Å². The number of aliphatic hydroxyl groups excluding tert-OH is 1. The number of nitrogens with zero attached hydrogens (tertiary/aromatic N) is 6. The maximum absolute atomic E-state index is 13.3. The van der Waals surface area contributed by atoms with Gasteiger partial charge in [-0.3, -0.25) is 9.72 Å². The van der Waals surface area contributed by atoms with E-state index in [2.05, 4.69) is 41.6 Å². The number of hydrogen-bond donors (Lipinski definition) is 4. The summed E-state index contributed by atoms with van der Waals surface area (Å²) in [4.78, 5) is 15.2. The molecule has 2 amide bonds. The summed E-state index contributed by atoms with van der Waals surface area (Å²) in [5.74, 6) is 1.65. The number of hydrogen-bond acceptors (Lipinski definition) is 9. The van der Waals surface area contributed by atoms with Gasteiger partial charge in [0.2, 0.25) is 0 Å². The van der Waals surface area contributed by atoms with Crippen molar-refractivity contribution < 1.29 is 19.7 Å². The van der Waals surface area contributed by atoms with Crippen molar-refractivity contribution in [2.45, 2.75) is 48.9 Å². The van der Waals surface area contributed by atoms with Gasteiger partial charge >= 0.3 is 6.03 Å². The van der Waals surface area contributed by atoms with Gasteiger partial charge in [-0.25, -0.2) is 9.48 Å². The summed E-state index contributed by atoms with van der Waals surface area (Å²) in [7, 11) is 0. The Hall–Kier alpha value is -5.84. The molecule has 0 saturated carbocycles. The molecule has 0 aliphatic carbocycles. The molecular weight excluding hydrogens is 653 g/mol. The fraction of sp³-hybridized carbons (Fsp3) is 0.216. The lowest BCUT2D eigenvalue weighted by atomic mass is 9.87. The quantitative estimate of drug-likeness (QED) is 0.110. The van der Waals surface area contributed by atoms with Crippen LogP contribution in [0.25, 0.3) is 22.7 Å². The smallest absolute Gasteiger partial charge is 0.320 e. The third kappa shape index (κ3) is 7.41. The van der Waals surface area contributed by atoms with Gasteiger partial charge in [-0.05, 0) is 72.6 Å². The van der Waals surface area contributed by atoms with E-state index in [4.69, 9.17) is 14.9 Å². The van der Waals surface area contributed by atoms with Crippen LogP contribution in [0.3, 0.4) is 0 Å². The minimum atomic E-state index is -0.422. The third-order valence-corrected chi connectivity index (χ3v) is 9.46. The number of aromatic hydroxyl groups is 1. The van der Waals surface area contributed by atoms with Crippen molar-refractivity contribution in [3.63, 3.8) is 0 Å². The molecule has 0 bridgehead atoms. The van der Waals surface area contributed by atoms with Crippen LogP contribution in [0.2, 0.25) is 0 Å². The largest absolute Gasteiger partial charge is 0.507 e. The molecule has 254 valence electrons. The zero-order chi connectivity index (χ0) is 35.3. The molecule has 0 fully saturated rings. The maximum atomic E-state index is 13.3. The second-order valence-corrected chi connectivity index (χ2v) is 13.2. The van der Waals surface area contributed by atoms with E-state index in [1.54, 1.807) is 22.5 Å². The predicted octanol–water partition coefficient (Wildman–Crippen LogP) is 6.69. The lowest BCUT2D eigenvalue weighted by molar-refractivity contribution is 0.201. The molecule has 3 aromatic carbocycles.